The van der Waals surface area contributed by atoms with Crippen molar-refractivity contribution in [2.45, 2.75) is 26.7 Å². The number of hydrogen-bond acceptors (Lipinski definition) is 7. The SMILES string of the molecule is CCOc1c(-c2cnn(C)c2)cnc2ccc(Nc3cc(C(C)C)cnn3)nc12. The molecule has 0 radical (unpaired) electrons. The number of nitrogens with zero attached hydrogens (tertiary/aromatic N) is 6. The van der Waals surface area contributed by atoms with Gasteiger partial charge in [-0.1, -0.05) is 13.8 Å². The summed E-state index contributed by atoms with van der Waals surface area (Å²) in [6, 6.07) is 5.77. The van der Waals surface area contributed by atoms with Crippen molar-refractivity contribution in [2.24, 2.45) is 7.05 Å². The molecular formula is C21H23N7O. The first-order chi connectivity index (χ1) is 14.0. The lowest BCUT2D eigenvalue weighted by atomic mass is 10.1. The van der Waals surface area contributed by atoms with E-state index in [1.54, 1.807) is 23.3 Å². The van der Waals surface area contributed by atoms with Crippen molar-refractivity contribution in [2.75, 3.05) is 11.9 Å². The first kappa shape index (κ1) is 18.8. The summed E-state index contributed by atoms with van der Waals surface area (Å²) in [5.41, 5.74) is 4.35. The molecular weight excluding hydrogens is 366 g/mol. The molecule has 4 rings (SSSR count). The third kappa shape index (κ3) is 3.87. The van der Waals surface area contributed by atoms with Gasteiger partial charge in [0.25, 0.3) is 0 Å². The molecule has 148 valence electrons. The average molecular weight is 389 g/mol. The molecule has 4 heterocycles. The van der Waals surface area contributed by atoms with E-state index in [0.29, 0.717) is 35.4 Å². The van der Waals surface area contributed by atoms with Crippen molar-refractivity contribution in [3.05, 3.63) is 48.5 Å². The smallest absolute Gasteiger partial charge is 0.156 e. The van der Waals surface area contributed by atoms with E-state index in [-0.39, 0.29) is 0 Å². The van der Waals surface area contributed by atoms with Gasteiger partial charge in [-0.25, -0.2) is 4.98 Å². The number of hydrogen-bond donors (Lipinski definition) is 1. The molecule has 8 heteroatoms. The third-order valence-corrected chi connectivity index (χ3v) is 4.57. The van der Waals surface area contributed by atoms with Crippen LogP contribution in [-0.2, 0) is 7.05 Å². The summed E-state index contributed by atoms with van der Waals surface area (Å²) in [7, 11) is 1.88. The van der Waals surface area contributed by atoms with Gasteiger partial charge in [-0.05, 0) is 36.6 Å². The molecule has 0 aliphatic heterocycles. The van der Waals surface area contributed by atoms with Gasteiger partial charge in [0, 0.05) is 30.6 Å². The van der Waals surface area contributed by atoms with Crippen LogP contribution in [0.25, 0.3) is 22.2 Å². The molecule has 0 saturated carbocycles. The van der Waals surface area contributed by atoms with Gasteiger partial charge < -0.3 is 10.1 Å². The van der Waals surface area contributed by atoms with Gasteiger partial charge in [0.2, 0.25) is 0 Å². The monoisotopic (exact) mass is 389 g/mol. The third-order valence-electron chi connectivity index (χ3n) is 4.57. The summed E-state index contributed by atoms with van der Waals surface area (Å²) in [6.07, 6.45) is 7.30. The van der Waals surface area contributed by atoms with E-state index < -0.39 is 0 Å². The molecule has 0 bridgehead atoms. The van der Waals surface area contributed by atoms with Gasteiger partial charge in [-0.3, -0.25) is 9.67 Å². The Morgan fingerprint density at radius 3 is 2.72 bits per heavy atom. The standard InChI is InChI=1S/C21H23N7O/c1-5-29-21-16(15-10-24-28(4)12-15)11-22-17-6-7-18(26-20(17)21)25-19-8-14(13(2)3)9-23-27-19/h6-13H,5H2,1-4H3,(H,25,26,27). The van der Waals surface area contributed by atoms with E-state index in [4.69, 9.17) is 9.72 Å². The first-order valence-corrected chi connectivity index (χ1v) is 9.56. The Morgan fingerprint density at radius 1 is 1.14 bits per heavy atom. The van der Waals surface area contributed by atoms with Gasteiger partial charge >= 0.3 is 0 Å². The van der Waals surface area contributed by atoms with Crippen LogP contribution >= 0.6 is 0 Å². The Kier molecular flexibility index (Phi) is 5.07. The van der Waals surface area contributed by atoms with Gasteiger partial charge in [0.05, 0.1) is 24.5 Å². The molecule has 0 amide bonds. The fourth-order valence-electron chi connectivity index (χ4n) is 3.06. The van der Waals surface area contributed by atoms with E-state index in [9.17, 15) is 0 Å². The number of aromatic nitrogens is 6. The summed E-state index contributed by atoms with van der Waals surface area (Å²) in [6.45, 7) is 6.71. The minimum atomic E-state index is 0.367. The summed E-state index contributed by atoms with van der Waals surface area (Å²) >= 11 is 0. The van der Waals surface area contributed by atoms with Gasteiger partial charge in [-0.15, -0.1) is 5.10 Å². The molecule has 0 aromatic carbocycles. The molecule has 0 aliphatic rings. The highest BCUT2D eigenvalue weighted by molar-refractivity contribution is 5.90. The minimum Gasteiger partial charge on any atom is -0.491 e. The van der Waals surface area contributed by atoms with E-state index >= 15 is 0 Å². The van der Waals surface area contributed by atoms with Crippen molar-refractivity contribution in [1.29, 1.82) is 0 Å². The molecule has 1 N–H and O–H groups in total. The number of rotatable bonds is 6. The quantitative estimate of drug-likeness (QED) is 0.531. The Morgan fingerprint density at radius 2 is 2.00 bits per heavy atom. The predicted octanol–water partition coefficient (Wildman–Crippen LogP) is 4.09. The lowest BCUT2D eigenvalue weighted by Crippen LogP contribution is -2.02. The lowest BCUT2D eigenvalue weighted by Gasteiger charge is -2.13. The number of aryl methyl sites for hydroxylation is 1. The average Bonchev–Trinajstić information content (AvgIpc) is 3.15. The molecule has 0 atom stereocenters. The molecule has 0 fully saturated rings. The van der Waals surface area contributed by atoms with Crippen molar-refractivity contribution in [3.63, 3.8) is 0 Å². The van der Waals surface area contributed by atoms with E-state index in [1.807, 2.05) is 38.4 Å². The van der Waals surface area contributed by atoms with Crippen molar-refractivity contribution in [3.8, 4) is 16.9 Å². The van der Waals surface area contributed by atoms with Gasteiger partial charge in [0.1, 0.15) is 11.3 Å². The van der Waals surface area contributed by atoms with Crippen LogP contribution in [-0.4, -0.2) is 36.6 Å². The molecule has 0 unspecified atom stereocenters. The van der Waals surface area contributed by atoms with Crippen LogP contribution in [0.5, 0.6) is 5.75 Å². The fourth-order valence-corrected chi connectivity index (χ4v) is 3.06. The molecule has 4 aromatic heterocycles. The van der Waals surface area contributed by atoms with Crippen LogP contribution < -0.4 is 10.1 Å². The van der Waals surface area contributed by atoms with Crippen LogP contribution in [0.4, 0.5) is 11.6 Å². The predicted molar refractivity (Wildman–Crippen MR) is 112 cm³/mol. The lowest BCUT2D eigenvalue weighted by molar-refractivity contribution is 0.345. The van der Waals surface area contributed by atoms with Crippen LogP contribution in [0.15, 0.2) is 43.0 Å². The zero-order valence-electron chi connectivity index (χ0n) is 16.9. The van der Waals surface area contributed by atoms with Crippen molar-refractivity contribution < 1.29 is 4.74 Å². The number of ether oxygens (including phenoxy) is 1. The van der Waals surface area contributed by atoms with E-state index in [0.717, 1.165) is 22.2 Å². The molecule has 0 saturated heterocycles. The van der Waals surface area contributed by atoms with Crippen molar-refractivity contribution in [1.82, 2.24) is 29.9 Å². The van der Waals surface area contributed by atoms with E-state index in [2.05, 4.69) is 39.4 Å². The topological polar surface area (TPSA) is 90.6 Å². The Balaban J connectivity index is 1.77. The zero-order chi connectivity index (χ0) is 20.4. The Bertz CT molecular complexity index is 1150. The second kappa shape index (κ2) is 7.83. The van der Waals surface area contributed by atoms with Crippen molar-refractivity contribution >= 4 is 22.7 Å². The highest BCUT2D eigenvalue weighted by atomic mass is 16.5. The number of nitrogens with one attached hydrogen (secondary N) is 1. The zero-order valence-corrected chi connectivity index (χ0v) is 16.9. The van der Waals surface area contributed by atoms with Crippen LogP contribution in [0, 0.1) is 0 Å². The minimum absolute atomic E-state index is 0.367. The normalized spacial score (nSPS) is 11.2. The second-order valence-corrected chi connectivity index (χ2v) is 7.05. The highest BCUT2D eigenvalue weighted by Crippen LogP contribution is 2.35. The molecule has 0 aliphatic carbocycles. The summed E-state index contributed by atoms with van der Waals surface area (Å²) in [4.78, 5) is 9.32. The second-order valence-electron chi connectivity index (χ2n) is 7.05. The Labute approximate surface area is 169 Å². The van der Waals surface area contributed by atoms with Gasteiger partial charge in [0.15, 0.2) is 11.6 Å². The summed E-state index contributed by atoms with van der Waals surface area (Å²) < 4.78 is 7.73. The largest absolute Gasteiger partial charge is 0.491 e. The van der Waals surface area contributed by atoms with E-state index in [1.165, 1.54) is 0 Å². The first-order valence-electron chi connectivity index (χ1n) is 9.56. The molecule has 8 nitrogen and oxygen atoms in total. The molecule has 4 aromatic rings. The highest BCUT2D eigenvalue weighted by Gasteiger charge is 2.15. The van der Waals surface area contributed by atoms with Gasteiger partial charge in [-0.2, -0.15) is 10.2 Å². The molecule has 0 spiro atoms. The number of fused-ring (bicyclic) bond motifs is 1. The fraction of sp³-hybridized carbons (Fsp3) is 0.286. The summed E-state index contributed by atoms with van der Waals surface area (Å²) in [5, 5.41) is 15.7. The molecule has 29 heavy (non-hydrogen) atoms. The maximum Gasteiger partial charge on any atom is 0.156 e. The Hall–Kier alpha value is -3.55. The number of anilines is 2. The van der Waals surface area contributed by atoms with Crippen LogP contribution in [0.1, 0.15) is 32.3 Å². The maximum absolute atomic E-state index is 5.97. The summed E-state index contributed by atoms with van der Waals surface area (Å²) in [5.74, 6) is 2.36. The number of pyridine rings is 2. The van der Waals surface area contributed by atoms with Crippen LogP contribution in [0.2, 0.25) is 0 Å². The van der Waals surface area contributed by atoms with Crippen LogP contribution in [0.3, 0.4) is 0 Å². The maximum atomic E-state index is 5.97.